The molecule has 0 saturated carbocycles. The van der Waals surface area contributed by atoms with Crippen LogP contribution in [0.3, 0.4) is 0 Å². The Labute approximate surface area is 84.4 Å². The van der Waals surface area contributed by atoms with E-state index >= 15 is 0 Å². The SMILES string of the molecule is O=C(O)c1ccnn1CC(Cl)=CCl. The number of hydrogen-bond acceptors (Lipinski definition) is 2. The van der Waals surface area contributed by atoms with Crippen molar-refractivity contribution in [2.45, 2.75) is 6.54 Å². The van der Waals surface area contributed by atoms with E-state index in [9.17, 15) is 4.79 Å². The van der Waals surface area contributed by atoms with E-state index in [1.54, 1.807) is 0 Å². The fourth-order valence-electron chi connectivity index (χ4n) is 0.818. The molecule has 4 nitrogen and oxygen atoms in total. The number of carboxylic acids is 1. The van der Waals surface area contributed by atoms with Crippen LogP contribution in [0.2, 0.25) is 0 Å². The minimum absolute atomic E-state index is 0.0802. The van der Waals surface area contributed by atoms with Gasteiger partial charge in [-0.15, -0.1) is 0 Å². The number of halogens is 2. The van der Waals surface area contributed by atoms with Gasteiger partial charge in [0, 0.05) is 11.7 Å². The third-order valence-electron chi connectivity index (χ3n) is 1.35. The van der Waals surface area contributed by atoms with E-state index in [0.29, 0.717) is 5.03 Å². The van der Waals surface area contributed by atoms with Crippen LogP contribution in [0.4, 0.5) is 0 Å². The number of carbonyl (C=O) groups is 1. The van der Waals surface area contributed by atoms with Crippen molar-refractivity contribution in [3.8, 4) is 0 Å². The fraction of sp³-hybridized carbons (Fsp3) is 0.143. The van der Waals surface area contributed by atoms with Gasteiger partial charge in [0.2, 0.25) is 0 Å². The maximum absolute atomic E-state index is 10.6. The van der Waals surface area contributed by atoms with Crippen molar-refractivity contribution in [2.24, 2.45) is 0 Å². The molecule has 13 heavy (non-hydrogen) atoms. The highest BCUT2D eigenvalue weighted by Gasteiger charge is 2.09. The predicted molar refractivity (Wildman–Crippen MR) is 49.0 cm³/mol. The Morgan fingerprint density at radius 3 is 3.00 bits per heavy atom. The number of allylic oxidation sites excluding steroid dienone is 1. The van der Waals surface area contributed by atoms with Crippen LogP contribution in [0.5, 0.6) is 0 Å². The molecule has 1 aromatic rings. The van der Waals surface area contributed by atoms with Gasteiger partial charge in [-0.05, 0) is 6.07 Å². The average Bonchev–Trinajstić information content (AvgIpc) is 2.52. The number of aromatic carboxylic acids is 1. The standard InChI is InChI=1S/C7H6Cl2N2O2/c8-3-5(9)4-11-6(7(12)13)1-2-10-11/h1-3H,4H2,(H,12,13). The van der Waals surface area contributed by atoms with Crippen LogP contribution < -0.4 is 0 Å². The van der Waals surface area contributed by atoms with Crippen molar-refractivity contribution in [1.29, 1.82) is 0 Å². The normalized spacial score (nSPS) is 11.7. The molecule has 1 aromatic heterocycles. The summed E-state index contributed by atoms with van der Waals surface area (Å²) in [5.41, 5.74) is 1.26. The molecule has 0 aliphatic rings. The van der Waals surface area contributed by atoms with Crippen LogP contribution in [0, 0.1) is 0 Å². The second-order valence-corrected chi connectivity index (χ2v) is 2.94. The molecule has 0 spiro atoms. The van der Waals surface area contributed by atoms with Gasteiger partial charge in [-0.2, -0.15) is 5.10 Å². The molecule has 1 rings (SSSR count). The number of hydrogen-bond donors (Lipinski definition) is 1. The van der Waals surface area contributed by atoms with Crippen molar-refractivity contribution in [1.82, 2.24) is 9.78 Å². The zero-order valence-corrected chi connectivity index (χ0v) is 7.96. The molecule has 1 N–H and O–H groups in total. The zero-order valence-electron chi connectivity index (χ0n) is 6.44. The minimum atomic E-state index is -1.04. The van der Waals surface area contributed by atoms with Crippen LogP contribution in [0.1, 0.15) is 10.5 Å². The maximum atomic E-state index is 10.6. The van der Waals surface area contributed by atoms with E-state index < -0.39 is 5.97 Å². The van der Waals surface area contributed by atoms with Crippen LogP contribution in [-0.4, -0.2) is 20.9 Å². The second kappa shape index (κ2) is 4.30. The molecule has 0 amide bonds. The molecule has 0 bridgehead atoms. The van der Waals surface area contributed by atoms with E-state index in [-0.39, 0.29) is 12.2 Å². The highest BCUT2D eigenvalue weighted by atomic mass is 35.5. The van der Waals surface area contributed by atoms with Crippen molar-refractivity contribution < 1.29 is 9.90 Å². The molecule has 1 heterocycles. The third-order valence-corrected chi connectivity index (χ3v) is 1.96. The van der Waals surface area contributed by atoms with E-state index in [0.717, 1.165) is 0 Å². The Balaban J connectivity index is 2.89. The van der Waals surface area contributed by atoms with Gasteiger partial charge in [-0.25, -0.2) is 4.79 Å². The fourth-order valence-corrected chi connectivity index (χ4v) is 1.00. The van der Waals surface area contributed by atoms with E-state index in [1.807, 2.05) is 0 Å². The van der Waals surface area contributed by atoms with Crippen molar-refractivity contribution in [2.75, 3.05) is 0 Å². The Morgan fingerprint density at radius 2 is 2.46 bits per heavy atom. The monoisotopic (exact) mass is 220 g/mol. The quantitative estimate of drug-likeness (QED) is 0.847. The molecular weight excluding hydrogens is 215 g/mol. The molecule has 0 saturated heterocycles. The highest BCUT2D eigenvalue weighted by Crippen LogP contribution is 2.08. The smallest absolute Gasteiger partial charge is 0.354 e. The van der Waals surface area contributed by atoms with Gasteiger partial charge < -0.3 is 5.11 Å². The van der Waals surface area contributed by atoms with Gasteiger partial charge in [0.05, 0.1) is 11.6 Å². The van der Waals surface area contributed by atoms with E-state index in [2.05, 4.69) is 5.10 Å². The van der Waals surface area contributed by atoms with E-state index in [4.69, 9.17) is 28.3 Å². The first-order valence-electron chi connectivity index (χ1n) is 3.35. The molecule has 0 radical (unpaired) electrons. The lowest BCUT2D eigenvalue weighted by Crippen LogP contribution is -2.09. The Kier molecular flexibility index (Phi) is 3.33. The summed E-state index contributed by atoms with van der Waals surface area (Å²) in [6.07, 6.45) is 1.39. The molecule has 0 fully saturated rings. The summed E-state index contributed by atoms with van der Waals surface area (Å²) in [7, 11) is 0. The number of rotatable bonds is 3. The second-order valence-electron chi connectivity index (χ2n) is 2.24. The minimum Gasteiger partial charge on any atom is -0.477 e. The summed E-state index contributed by atoms with van der Waals surface area (Å²) >= 11 is 10.9. The summed E-state index contributed by atoms with van der Waals surface area (Å²) < 4.78 is 1.25. The summed E-state index contributed by atoms with van der Waals surface area (Å²) in [4.78, 5) is 10.6. The number of nitrogens with zero attached hydrogens (tertiary/aromatic N) is 2. The number of aromatic nitrogens is 2. The van der Waals surface area contributed by atoms with Gasteiger partial charge in [0.25, 0.3) is 0 Å². The van der Waals surface area contributed by atoms with Gasteiger partial charge in [-0.3, -0.25) is 4.68 Å². The largest absolute Gasteiger partial charge is 0.477 e. The lowest BCUT2D eigenvalue weighted by atomic mass is 10.4. The van der Waals surface area contributed by atoms with Gasteiger partial charge in [0.15, 0.2) is 0 Å². The lowest BCUT2D eigenvalue weighted by molar-refractivity contribution is 0.0684. The van der Waals surface area contributed by atoms with Gasteiger partial charge >= 0.3 is 5.97 Å². The molecule has 6 heteroatoms. The Morgan fingerprint density at radius 1 is 1.77 bits per heavy atom. The summed E-state index contributed by atoms with van der Waals surface area (Å²) in [5.74, 6) is -1.04. The first-order chi connectivity index (χ1) is 6.15. The van der Waals surface area contributed by atoms with Crippen LogP contribution >= 0.6 is 23.2 Å². The van der Waals surface area contributed by atoms with Crippen molar-refractivity contribution in [3.63, 3.8) is 0 Å². The number of carboxylic acid groups (broad SMARTS) is 1. The Hall–Kier alpha value is -1.00. The molecule has 0 atom stereocenters. The topological polar surface area (TPSA) is 55.1 Å². The molecular formula is C7H6Cl2N2O2. The molecule has 70 valence electrons. The van der Waals surface area contributed by atoms with Gasteiger partial charge in [-0.1, -0.05) is 23.2 Å². The first-order valence-corrected chi connectivity index (χ1v) is 4.16. The summed E-state index contributed by atoms with van der Waals surface area (Å²) in [6.45, 7) is 0.166. The molecule has 0 aromatic carbocycles. The van der Waals surface area contributed by atoms with Crippen LogP contribution in [0.15, 0.2) is 22.8 Å². The summed E-state index contributed by atoms with van der Waals surface area (Å²) in [5, 5.41) is 12.8. The van der Waals surface area contributed by atoms with Crippen molar-refractivity contribution >= 4 is 29.2 Å². The van der Waals surface area contributed by atoms with Crippen LogP contribution in [-0.2, 0) is 6.54 Å². The Bertz CT molecular complexity index is 346. The summed E-state index contributed by atoms with van der Waals surface area (Å²) in [6, 6.07) is 1.39. The molecule has 0 unspecified atom stereocenters. The third kappa shape index (κ3) is 2.47. The van der Waals surface area contributed by atoms with Crippen LogP contribution in [0.25, 0.3) is 0 Å². The van der Waals surface area contributed by atoms with E-state index in [1.165, 1.54) is 22.5 Å². The average molecular weight is 221 g/mol. The maximum Gasteiger partial charge on any atom is 0.354 e. The first kappa shape index (κ1) is 10.1. The molecule has 0 aliphatic carbocycles. The van der Waals surface area contributed by atoms with Crippen molar-refractivity contribution in [3.05, 3.63) is 28.5 Å². The van der Waals surface area contributed by atoms with Gasteiger partial charge in [0.1, 0.15) is 5.69 Å². The zero-order chi connectivity index (χ0) is 9.84. The molecule has 0 aliphatic heterocycles. The highest BCUT2D eigenvalue weighted by molar-refractivity contribution is 6.36. The predicted octanol–water partition coefficient (Wildman–Crippen LogP) is 1.90. The lowest BCUT2D eigenvalue weighted by Gasteiger charge is -2.01.